The lowest BCUT2D eigenvalue weighted by Gasteiger charge is -2.36. The number of carbonyl (C=O) groups excluding carboxylic acids is 1. The Morgan fingerprint density at radius 1 is 1.25 bits per heavy atom. The lowest BCUT2D eigenvalue weighted by Crippen LogP contribution is -2.44. The highest BCUT2D eigenvalue weighted by Gasteiger charge is 2.27. The number of hydrogen-bond acceptors (Lipinski definition) is 2. The van der Waals surface area contributed by atoms with Crippen molar-refractivity contribution in [2.24, 2.45) is 5.92 Å². The zero-order chi connectivity index (χ0) is 14.5. The average molecular weight is 275 g/mol. The van der Waals surface area contributed by atoms with Crippen molar-refractivity contribution in [2.75, 3.05) is 13.7 Å². The van der Waals surface area contributed by atoms with E-state index in [-0.39, 0.29) is 12.5 Å². The molecule has 0 radical (unpaired) electrons. The molecule has 1 aromatic carbocycles. The highest BCUT2D eigenvalue weighted by Crippen LogP contribution is 2.27. The van der Waals surface area contributed by atoms with Crippen LogP contribution in [0.3, 0.4) is 0 Å². The van der Waals surface area contributed by atoms with Crippen LogP contribution in [-0.2, 0) is 4.79 Å². The van der Waals surface area contributed by atoms with E-state index in [1.54, 1.807) is 0 Å². The third-order valence-corrected chi connectivity index (χ3v) is 4.34. The van der Waals surface area contributed by atoms with Gasteiger partial charge < -0.3 is 9.64 Å². The standard InChI is InChI=1S/C17H25NO2/c1-13-8-10-15(11-9-13)20-12-17(19)18(3)16-7-5-4-6-14(16)2/h8-11,14,16H,4-7,12H2,1-3H3. The van der Waals surface area contributed by atoms with Crippen molar-refractivity contribution in [3.8, 4) is 5.75 Å². The van der Waals surface area contributed by atoms with Gasteiger partial charge in [0.05, 0.1) is 0 Å². The van der Waals surface area contributed by atoms with E-state index in [0.29, 0.717) is 12.0 Å². The number of benzene rings is 1. The normalized spacial score (nSPS) is 22.4. The van der Waals surface area contributed by atoms with E-state index in [9.17, 15) is 4.79 Å². The first-order chi connectivity index (χ1) is 9.58. The quantitative estimate of drug-likeness (QED) is 0.842. The number of carbonyl (C=O) groups is 1. The number of ether oxygens (including phenoxy) is 1. The van der Waals surface area contributed by atoms with Crippen LogP contribution in [0.15, 0.2) is 24.3 Å². The van der Waals surface area contributed by atoms with Gasteiger partial charge in [-0.15, -0.1) is 0 Å². The SMILES string of the molecule is Cc1ccc(OCC(=O)N(C)C2CCCCC2C)cc1. The molecular weight excluding hydrogens is 250 g/mol. The number of aryl methyl sites for hydroxylation is 1. The lowest BCUT2D eigenvalue weighted by molar-refractivity contribution is -0.135. The van der Waals surface area contributed by atoms with E-state index < -0.39 is 0 Å². The van der Waals surface area contributed by atoms with Crippen LogP contribution in [0.5, 0.6) is 5.75 Å². The number of likely N-dealkylation sites (N-methyl/N-ethyl adjacent to an activating group) is 1. The first-order valence-corrected chi connectivity index (χ1v) is 7.53. The van der Waals surface area contributed by atoms with Gasteiger partial charge in [0.1, 0.15) is 5.75 Å². The molecule has 1 saturated carbocycles. The van der Waals surface area contributed by atoms with Crippen molar-refractivity contribution >= 4 is 5.91 Å². The molecule has 2 atom stereocenters. The Morgan fingerprint density at radius 3 is 2.55 bits per heavy atom. The number of amides is 1. The predicted molar refractivity (Wildman–Crippen MR) is 80.9 cm³/mol. The van der Waals surface area contributed by atoms with Gasteiger partial charge in [-0.05, 0) is 37.8 Å². The highest BCUT2D eigenvalue weighted by atomic mass is 16.5. The molecule has 1 amide bonds. The zero-order valence-electron chi connectivity index (χ0n) is 12.8. The molecule has 2 unspecified atom stereocenters. The second-order valence-electron chi connectivity index (χ2n) is 5.94. The van der Waals surface area contributed by atoms with Gasteiger partial charge in [-0.1, -0.05) is 37.5 Å². The zero-order valence-corrected chi connectivity index (χ0v) is 12.8. The summed E-state index contributed by atoms with van der Waals surface area (Å²) in [4.78, 5) is 14.1. The molecule has 0 spiro atoms. The molecule has 0 aliphatic heterocycles. The van der Waals surface area contributed by atoms with Gasteiger partial charge in [-0.25, -0.2) is 0 Å². The van der Waals surface area contributed by atoms with Gasteiger partial charge in [-0.2, -0.15) is 0 Å². The molecule has 0 heterocycles. The Morgan fingerprint density at radius 2 is 1.90 bits per heavy atom. The molecule has 3 nitrogen and oxygen atoms in total. The molecular formula is C17H25NO2. The van der Waals surface area contributed by atoms with Gasteiger partial charge in [0.25, 0.3) is 5.91 Å². The first kappa shape index (κ1) is 14.9. The minimum Gasteiger partial charge on any atom is -0.484 e. The lowest BCUT2D eigenvalue weighted by atomic mass is 9.85. The number of rotatable bonds is 4. The summed E-state index contributed by atoms with van der Waals surface area (Å²) < 4.78 is 5.58. The van der Waals surface area contributed by atoms with Gasteiger partial charge in [0, 0.05) is 13.1 Å². The van der Waals surface area contributed by atoms with E-state index in [2.05, 4.69) is 6.92 Å². The smallest absolute Gasteiger partial charge is 0.260 e. The summed E-state index contributed by atoms with van der Waals surface area (Å²) in [6.07, 6.45) is 4.86. The summed E-state index contributed by atoms with van der Waals surface area (Å²) in [5, 5.41) is 0. The Kier molecular flexibility index (Phi) is 5.05. The fraction of sp³-hybridized carbons (Fsp3) is 0.588. The maximum absolute atomic E-state index is 12.2. The summed E-state index contributed by atoms with van der Waals surface area (Å²) in [5.41, 5.74) is 1.19. The van der Waals surface area contributed by atoms with Crippen molar-refractivity contribution < 1.29 is 9.53 Å². The molecule has 0 aromatic heterocycles. The van der Waals surface area contributed by atoms with E-state index in [0.717, 1.165) is 12.2 Å². The van der Waals surface area contributed by atoms with Gasteiger partial charge in [-0.3, -0.25) is 4.79 Å². The molecule has 0 bridgehead atoms. The third-order valence-electron chi connectivity index (χ3n) is 4.34. The molecule has 2 rings (SSSR count). The Labute approximate surface area is 121 Å². The first-order valence-electron chi connectivity index (χ1n) is 7.53. The van der Waals surface area contributed by atoms with Crippen LogP contribution in [-0.4, -0.2) is 30.5 Å². The maximum Gasteiger partial charge on any atom is 0.260 e. The average Bonchev–Trinajstić information content (AvgIpc) is 2.46. The minimum atomic E-state index is 0.0734. The van der Waals surface area contributed by atoms with Crippen LogP contribution >= 0.6 is 0 Å². The van der Waals surface area contributed by atoms with Crippen molar-refractivity contribution in [3.05, 3.63) is 29.8 Å². The van der Waals surface area contributed by atoms with Crippen LogP contribution in [0.4, 0.5) is 0 Å². The Balaban J connectivity index is 1.86. The highest BCUT2D eigenvalue weighted by molar-refractivity contribution is 5.77. The summed E-state index contributed by atoms with van der Waals surface area (Å²) in [5.74, 6) is 1.43. The summed E-state index contributed by atoms with van der Waals surface area (Å²) in [7, 11) is 1.91. The number of hydrogen-bond donors (Lipinski definition) is 0. The second-order valence-corrected chi connectivity index (χ2v) is 5.94. The summed E-state index contributed by atoms with van der Waals surface area (Å²) in [6.45, 7) is 4.41. The Bertz CT molecular complexity index is 441. The molecule has 1 aromatic rings. The van der Waals surface area contributed by atoms with Crippen LogP contribution in [0.1, 0.15) is 38.2 Å². The maximum atomic E-state index is 12.2. The van der Waals surface area contributed by atoms with Crippen molar-refractivity contribution in [1.82, 2.24) is 4.90 Å². The van der Waals surface area contributed by atoms with Crippen molar-refractivity contribution in [3.63, 3.8) is 0 Å². The molecule has 0 saturated heterocycles. The molecule has 1 fully saturated rings. The minimum absolute atomic E-state index is 0.0734. The van der Waals surface area contributed by atoms with Gasteiger partial charge in [0.15, 0.2) is 6.61 Å². The Hall–Kier alpha value is -1.51. The molecule has 1 aliphatic carbocycles. The van der Waals surface area contributed by atoms with E-state index in [1.165, 1.54) is 24.8 Å². The third kappa shape index (κ3) is 3.75. The monoisotopic (exact) mass is 275 g/mol. The molecule has 1 aliphatic rings. The molecule has 3 heteroatoms. The molecule has 20 heavy (non-hydrogen) atoms. The van der Waals surface area contributed by atoms with Crippen LogP contribution in [0.2, 0.25) is 0 Å². The molecule has 0 N–H and O–H groups in total. The van der Waals surface area contributed by atoms with Crippen LogP contribution in [0, 0.1) is 12.8 Å². The van der Waals surface area contributed by atoms with Crippen LogP contribution < -0.4 is 4.74 Å². The number of nitrogens with zero attached hydrogens (tertiary/aromatic N) is 1. The second kappa shape index (κ2) is 6.78. The summed E-state index contributed by atoms with van der Waals surface area (Å²) >= 11 is 0. The topological polar surface area (TPSA) is 29.5 Å². The largest absolute Gasteiger partial charge is 0.484 e. The predicted octanol–water partition coefficient (Wildman–Crippen LogP) is 3.41. The fourth-order valence-corrected chi connectivity index (χ4v) is 2.94. The van der Waals surface area contributed by atoms with E-state index >= 15 is 0 Å². The van der Waals surface area contributed by atoms with Crippen molar-refractivity contribution in [1.29, 1.82) is 0 Å². The fourth-order valence-electron chi connectivity index (χ4n) is 2.94. The van der Waals surface area contributed by atoms with Gasteiger partial charge >= 0.3 is 0 Å². The molecule has 110 valence electrons. The van der Waals surface area contributed by atoms with Crippen LogP contribution in [0.25, 0.3) is 0 Å². The summed E-state index contributed by atoms with van der Waals surface area (Å²) in [6, 6.07) is 8.18. The van der Waals surface area contributed by atoms with E-state index in [1.807, 2.05) is 43.1 Å². The van der Waals surface area contributed by atoms with Gasteiger partial charge in [0.2, 0.25) is 0 Å². The van der Waals surface area contributed by atoms with Crippen molar-refractivity contribution in [2.45, 2.75) is 45.6 Å². The van der Waals surface area contributed by atoms with E-state index in [4.69, 9.17) is 4.74 Å².